The molecule has 1 fully saturated rings. The Labute approximate surface area is 154 Å². The Morgan fingerprint density at radius 3 is 2.42 bits per heavy atom. The van der Waals surface area contributed by atoms with E-state index in [1.807, 2.05) is 7.05 Å². The molecule has 5 nitrogen and oxygen atoms in total. The average molecular weight is 351 g/mol. The van der Waals surface area contributed by atoms with E-state index in [0.717, 1.165) is 33.1 Å². The van der Waals surface area contributed by atoms with Crippen LogP contribution >= 0.6 is 0 Å². The van der Waals surface area contributed by atoms with Gasteiger partial charge in [0.25, 0.3) is 0 Å². The Kier molecular flexibility index (Phi) is 3.92. The summed E-state index contributed by atoms with van der Waals surface area (Å²) in [5.41, 5.74) is 2.42. The van der Waals surface area contributed by atoms with Gasteiger partial charge in [0, 0.05) is 5.39 Å². The Morgan fingerprint density at radius 1 is 1.08 bits per heavy atom. The van der Waals surface area contributed by atoms with E-state index < -0.39 is 0 Å². The highest BCUT2D eigenvalue weighted by Gasteiger charge is 2.51. The molecule has 0 spiro atoms. The number of benzene rings is 2. The van der Waals surface area contributed by atoms with Crippen LogP contribution in [0.5, 0.6) is 0 Å². The highest BCUT2D eigenvalue weighted by atomic mass is 16.7. The van der Waals surface area contributed by atoms with Gasteiger partial charge >= 0.3 is 7.12 Å². The van der Waals surface area contributed by atoms with Crippen LogP contribution in [0.1, 0.15) is 46.5 Å². The molecule has 1 atom stereocenters. The van der Waals surface area contributed by atoms with Gasteiger partial charge < -0.3 is 19.6 Å². The first-order chi connectivity index (χ1) is 12.2. The maximum absolute atomic E-state index is 6.19. The molecule has 0 bridgehead atoms. The van der Waals surface area contributed by atoms with Gasteiger partial charge in [0.05, 0.1) is 28.3 Å². The van der Waals surface area contributed by atoms with Crippen molar-refractivity contribution < 1.29 is 9.31 Å². The van der Waals surface area contributed by atoms with Gasteiger partial charge in [-0.3, -0.25) is 0 Å². The number of fused-ring (bicyclic) bond motifs is 3. The molecule has 2 aromatic carbocycles. The lowest BCUT2D eigenvalue weighted by Crippen LogP contribution is -2.41. The fraction of sp³-hybridized carbons (Fsp3) is 0.450. The lowest BCUT2D eigenvalue weighted by Gasteiger charge is -2.32. The molecular weight excluding hydrogens is 325 g/mol. The standard InChI is InChI=1S/C20H26BN3O2/c1-12(22-6)18-23-16-10-7-13-11-14(8-9-15(13)17(16)24-18)21-25-19(2,3)20(4,5)26-21/h7-12,22H,1-6H3,(H,23,24)/t12-/m0/s1. The number of imidazole rings is 1. The molecule has 1 saturated heterocycles. The van der Waals surface area contributed by atoms with Crippen molar-refractivity contribution in [3.63, 3.8) is 0 Å². The summed E-state index contributed by atoms with van der Waals surface area (Å²) in [6, 6.07) is 10.7. The van der Waals surface area contributed by atoms with Gasteiger partial charge in [-0.1, -0.05) is 24.3 Å². The van der Waals surface area contributed by atoms with E-state index in [1.54, 1.807) is 0 Å². The molecular formula is C20H26BN3O2. The molecule has 1 aliphatic rings. The number of aromatic amines is 1. The smallest absolute Gasteiger partial charge is 0.399 e. The predicted octanol–water partition coefficient (Wildman–Crippen LogP) is 3.30. The van der Waals surface area contributed by atoms with Crippen LogP contribution < -0.4 is 10.8 Å². The van der Waals surface area contributed by atoms with E-state index in [4.69, 9.17) is 14.3 Å². The molecule has 0 radical (unpaired) electrons. The van der Waals surface area contributed by atoms with E-state index in [1.165, 1.54) is 0 Å². The van der Waals surface area contributed by atoms with Crippen molar-refractivity contribution in [3.8, 4) is 0 Å². The molecule has 0 unspecified atom stereocenters. The SMILES string of the molecule is CN[C@@H](C)c1nc2ccc3cc(B4OC(C)(C)C(C)(C)O4)ccc3c2[nH]1. The van der Waals surface area contributed by atoms with Crippen molar-refractivity contribution in [1.82, 2.24) is 15.3 Å². The zero-order chi connectivity index (χ0) is 18.7. The average Bonchev–Trinajstić information content (AvgIpc) is 3.12. The lowest BCUT2D eigenvalue weighted by molar-refractivity contribution is 0.00578. The zero-order valence-electron chi connectivity index (χ0n) is 16.3. The minimum Gasteiger partial charge on any atom is -0.399 e. The third kappa shape index (κ3) is 2.64. The van der Waals surface area contributed by atoms with Gasteiger partial charge in [-0.25, -0.2) is 4.98 Å². The Morgan fingerprint density at radius 2 is 1.77 bits per heavy atom. The second-order valence-corrected chi connectivity index (χ2v) is 8.16. The van der Waals surface area contributed by atoms with Gasteiger partial charge in [-0.05, 0) is 58.6 Å². The summed E-state index contributed by atoms with van der Waals surface area (Å²) < 4.78 is 12.4. The Bertz CT molecular complexity index is 964. The maximum Gasteiger partial charge on any atom is 0.494 e. The molecule has 3 aromatic rings. The van der Waals surface area contributed by atoms with Crippen LogP contribution in [-0.4, -0.2) is 35.3 Å². The van der Waals surface area contributed by atoms with Crippen molar-refractivity contribution in [2.45, 2.75) is 51.9 Å². The molecule has 0 aliphatic carbocycles. The fourth-order valence-corrected chi connectivity index (χ4v) is 3.31. The summed E-state index contributed by atoms with van der Waals surface area (Å²) in [5, 5.41) is 5.53. The normalized spacial score (nSPS) is 20.2. The highest BCUT2D eigenvalue weighted by Crippen LogP contribution is 2.36. The van der Waals surface area contributed by atoms with E-state index in [2.05, 4.69) is 75.3 Å². The van der Waals surface area contributed by atoms with Crippen molar-refractivity contribution in [2.75, 3.05) is 7.05 Å². The number of nitrogens with one attached hydrogen (secondary N) is 2. The van der Waals surface area contributed by atoms with Gasteiger partial charge in [0.1, 0.15) is 5.82 Å². The first-order valence-electron chi connectivity index (χ1n) is 9.17. The van der Waals surface area contributed by atoms with Crippen LogP contribution in [0.15, 0.2) is 30.3 Å². The summed E-state index contributed by atoms with van der Waals surface area (Å²) in [6.45, 7) is 10.4. The lowest BCUT2D eigenvalue weighted by atomic mass is 9.78. The summed E-state index contributed by atoms with van der Waals surface area (Å²) >= 11 is 0. The highest BCUT2D eigenvalue weighted by molar-refractivity contribution is 6.62. The molecule has 4 rings (SSSR count). The third-order valence-corrected chi connectivity index (χ3v) is 5.88. The van der Waals surface area contributed by atoms with E-state index in [9.17, 15) is 0 Å². The van der Waals surface area contributed by atoms with Crippen LogP contribution in [0.4, 0.5) is 0 Å². The summed E-state index contributed by atoms with van der Waals surface area (Å²) in [7, 11) is 1.59. The number of nitrogens with zero attached hydrogens (tertiary/aromatic N) is 1. The molecule has 1 aliphatic heterocycles. The number of rotatable bonds is 3. The van der Waals surface area contributed by atoms with Crippen LogP contribution in [0.3, 0.4) is 0 Å². The minimum atomic E-state index is -0.346. The van der Waals surface area contributed by atoms with Gasteiger partial charge in [-0.2, -0.15) is 0 Å². The summed E-state index contributed by atoms with van der Waals surface area (Å²) in [6.07, 6.45) is 0. The molecule has 26 heavy (non-hydrogen) atoms. The second-order valence-electron chi connectivity index (χ2n) is 8.16. The maximum atomic E-state index is 6.19. The zero-order valence-corrected chi connectivity index (χ0v) is 16.3. The van der Waals surface area contributed by atoms with Crippen LogP contribution in [0.2, 0.25) is 0 Å². The van der Waals surface area contributed by atoms with Crippen molar-refractivity contribution in [3.05, 3.63) is 36.2 Å². The topological polar surface area (TPSA) is 59.2 Å². The van der Waals surface area contributed by atoms with Gasteiger partial charge in [0.2, 0.25) is 0 Å². The molecule has 2 N–H and O–H groups in total. The third-order valence-electron chi connectivity index (χ3n) is 5.88. The number of H-pyrrole nitrogens is 1. The van der Waals surface area contributed by atoms with Crippen molar-refractivity contribution >= 4 is 34.4 Å². The van der Waals surface area contributed by atoms with Gasteiger partial charge in [0.15, 0.2) is 0 Å². The molecule has 2 heterocycles. The molecule has 1 aromatic heterocycles. The monoisotopic (exact) mass is 351 g/mol. The largest absolute Gasteiger partial charge is 0.494 e. The van der Waals surface area contributed by atoms with E-state index >= 15 is 0 Å². The predicted molar refractivity (Wildman–Crippen MR) is 107 cm³/mol. The summed E-state index contributed by atoms with van der Waals surface area (Å²) in [4.78, 5) is 8.17. The Balaban J connectivity index is 1.76. The Hall–Kier alpha value is -1.89. The minimum absolute atomic E-state index is 0.182. The quantitative estimate of drug-likeness (QED) is 0.711. The van der Waals surface area contributed by atoms with Crippen molar-refractivity contribution in [1.29, 1.82) is 0 Å². The molecule has 6 heteroatoms. The second kappa shape index (κ2) is 5.81. The van der Waals surface area contributed by atoms with Gasteiger partial charge in [-0.15, -0.1) is 0 Å². The van der Waals surface area contributed by atoms with Crippen molar-refractivity contribution in [2.24, 2.45) is 0 Å². The van der Waals surface area contributed by atoms with E-state index in [0.29, 0.717) is 0 Å². The van der Waals surface area contributed by atoms with Crippen LogP contribution in [0.25, 0.3) is 21.8 Å². The first kappa shape index (κ1) is 17.5. The summed E-state index contributed by atoms with van der Waals surface area (Å²) in [5.74, 6) is 0.949. The fourth-order valence-electron chi connectivity index (χ4n) is 3.31. The van der Waals surface area contributed by atoms with Crippen LogP contribution in [0, 0.1) is 0 Å². The number of hydrogen-bond acceptors (Lipinski definition) is 4. The molecule has 0 saturated carbocycles. The first-order valence-corrected chi connectivity index (χ1v) is 9.17. The molecule has 136 valence electrons. The van der Waals surface area contributed by atoms with E-state index in [-0.39, 0.29) is 24.4 Å². The molecule has 0 amide bonds. The van der Waals surface area contributed by atoms with Crippen LogP contribution in [-0.2, 0) is 9.31 Å². The number of hydrogen-bond donors (Lipinski definition) is 2. The number of aromatic nitrogens is 2.